The third-order valence-electron chi connectivity index (χ3n) is 5.07. The van der Waals surface area contributed by atoms with E-state index < -0.39 is 6.04 Å². The van der Waals surface area contributed by atoms with E-state index in [1.165, 1.54) is 16.2 Å². The Labute approximate surface area is 184 Å². The Balaban J connectivity index is 1.77. The van der Waals surface area contributed by atoms with Gasteiger partial charge in [0.1, 0.15) is 10.6 Å². The van der Waals surface area contributed by atoms with Gasteiger partial charge in [0.2, 0.25) is 10.9 Å². The lowest BCUT2D eigenvalue weighted by Gasteiger charge is -2.22. The zero-order valence-corrected chi connectivity index (χ0v) is 18.4. The molecule has 6 nitrogen and oxygen atoms in total. The van der Waals surface area contributed by atoms with Gasteiger partial charge in [-0.3, -0.25) is 14.5 Å². The number of anilines is 1. The van der Waals surface area contributed by atoms with E-state index in [0.29, 0.717) is 21.7 Å². The van der Waals surface area contributed by atoms with Crippen LogP contribution < -0.4 is 10.3 Å². The number of rotatable bonds is 4. The molecule has 1 unspecified atom stereocenters. The molecule has 1 aliphatic heterocycles. The smallest absolute Gasteiger partial charge is 0.297 e. The van der Waals surface area contributed by atoms with Crippen molar-refractivity contribution in [3.05, 3.63) is 85.1 Å². The first kappa shape index (κ1) is 19.1. The van der Waals surface area contributed by atoms with Crippen molar-refractivity contribution in [2.75, 3.05) is 4.90 Å². The van der Waals surface area contributed by atoms with Gasteiger partial charge in [0.15, 0.2) is 5.43 Å². The number of benzene rings is 2. The molecule has 8 heteroatoms. The first-order valence-electron chi connectivity index (χ1n) is 9.55. The minimum atomic E-state index is -0.631. The van der Waals surface area contributed by atoms with E-state index in [-0.39, 0.29) is 17.1 Å². The van der Waals surface area contributed by atoms with E-state index >= 15 is 0 Å². The summed E-state index contributed by atoms with van der Waals surface area (Å²) in [4.78, 5) is 28.4. The van der Waals surface area contributed by atoms with Crippen LogP contribution in [-0.2, 0) is 6.42 Å². The number of carbonyl (C=O) groups is 1. The molecule has 2 aromatic carbocycles. The summed E-state index contributed by atoms with van der Waals surface area (Å²) >= 11 is 4.86. The first-order valence-corrected chi connectivity index (χ1v) is 11.2. The predicted molar refractivity (Wildman–Crippen MR) is 119 cm³/mol. The van der Waals surface area contributed by atoms with Crippen LogP contribution in [0.2, 0.25) is 0 Å². The predicted octanol–water partition coefficient (Wildman–Crippen LogP) is 5.11. The Morgan fingerprint density at radius 3 is 2.77 bits per heavy atom. The summed E-state index contributed by atoms with van der Waals surface area (Å²) in [5, 5.41) is 10.3. The van der Waals surface area contributed by atoms with Crippen LogP contribution in [0, 0.1) is 0 Å². The van der Waals surface area contributed by atoms with Crippen LogP contribution in [0.25, 0.3) is 11.0 Å². The molecule has 0 N–H and O–H groups in total. The van der Waals surface area contributed by atoms with E-state index in [1.54, 1.807) is 24.3 Å². The largest absolute Gasteiger partial charge is 0.450 e. The monoisotopic (exact) mass is 481 g/mol. The summed E-state index contributed by atoms with van der Waals surface area (Å²) in [6, 6.07) is 13.9. The van der Waals surface area contributed by atoms with Gasteiger partial charge < -0.3 is 4.42 Å². The van der Waals surface area contributed by atoms with Gasteiger partial charge in [-0.2, -0.15) is 0 Å². The summed E-state index contributed by atoms with van der Waals surface area (Å²) in [6.07, 6.45) is 1.72. The van der Waals surface area contributed by atoms with Crippen molar-refractivity contribution in [2.45, 2.75) is 25.8 Å². The third kappa shape index (κ3) is 2.98. The first-order chi connectivity index (χ1) is 14.6. The molecule has 0 spiro atoms. The maximum atomic E-state index is 13.4. The summed E-state index contributed by atoms with van der Waals surface area (Å²) in [5.41, 5.74) is 1.33. The molecule has 0 fully saturated rings. The summed E-state index contributed by atoms with van der Waals surface area (Å²) in [5.74, 6) is -0.312. The number of fused-ring (bicyclic) bond motifs is 2. The molecule has 0 saturated heterocycles. The highest BCUT2D eigenvalue weighted by molar-refractivity contribution is 9.10. The van der Waals surface area contributed by atoms with Crippen LogP contribution in [0.5, 0.6) is 0 Å². The van der Waals surface area contributed by atoms with Gasteiger partial charge in [0.25, 0.3) is 5.91 Å². The molecule has 1 amide bonds. The maximum Gasteiger partial charge on any atom is 0.297 e. The molecule has 3 heterocycles. The van der Waals surface area contributed by atoms with Crippen LogP contribution in [0.15, 0.2) is 62.2 Å². The number of halogens is 1. The lowest BCUT2D eigenvalue weighted by Crippen LogP contribution is -2.29. The quantitative estimate of drug-likeness (QED) is 0.404. The molecule has 2 aromatic heterocycles. The molecule has 0 bridgehead atoms. The average molecular weight is 482 g/mol. The van der Waals surface area contributed by atoms with Crippen LogP contribution >= 0.6 is 27.3 Å². The van der Waals surface area contributed by atoms with Gasteiger partial charge >= 0.3 is 0 Å². The Morgan fingerprint density at radius 2 is 1.97 bits per heavy atom. The van der Waals surface area contributed by atoms with Crippen molar-refractivity contribution in [2.24, 2.45) is 0 Å². The zero-order chi connectivity index (χ0) is 20.8. The normalized spacial score (nSPS) is 15.7. The highest BCUT2D eigenvalue weighted by Gasteiger charge is 2.45. The van der Waals surface area contributed by atoms with E-state index in [9.17, 15) is 9.59 Å². The highest BCUT2D eigenvalue weighted by atomic mass is 79.9. The zero-order valence-electron chi connectivity index (χ0n) is 16.0. The van der Waals surface area contributed by atoms with Gasteiger partial charge in [-0.25, -0.2) is 0 Å². The van der Waals surface area contributed by atoms with Crippen LogP contribution in [0.4, 0.5) is 5.13 Å². The Bertz CT molecular complexity index is 1350. The minimum Gasteiger partial charge on any atom is -0.450 e. The molecule has 1 atom stereocenters. The summed E-state index contributed by atoms with van der Waals surface area (Å²) in [6.45, 7) is 2.07. The number of aromatic nitrogens is 2. The second-order valence-corrected chi connectivity index (χ2v) is 8.99. The molecule has 0 saturated carbocycles. The standard InChI is InChI=1S/C22H16BrN3O3S/c1-2-6-16-24-25-22(30-16)26-18(12-7-5-8-13(23)11-12)17-19(27)14-9-3-4-10-15(14)29-20(17)21(26)28/h3-5,7-11,18H,2,6H2,1H3. The van der Waals surface area contributed by atoms with Crippen molar-refractivity contribution in [1.29, 1.82) is 0 Å². The number of carbonyl (C=O) groups excluding carboxylic acids is 1. The SMILES string of the molecule is CCCc1nnc(N2C(=O)c3oc4ccccc4c(=O)c3C2c2cccc(Br)c2)s1. The highest BCUT2D eigenvalue weighted by Crippen LogP contribution is 2.42. The van der Waals surface area contributed by atoms with E-state index in [2.05, 4.69) is 33.1 Å². The minimum absolute atomic E-state index is 0.0657. The third-order valence-corrected chi connectivity index (χ3v) is 6.54. The Hall–Kier alpha value is -2.84. The van der Waals surface area contributed by atoms with Gasteiger partial charge in [-0.1, -0.05) is 58.5 Å². The number of nitrogens with zero attached hydrogens (tertiary/aromatic N) is 3. The summed E-state index contributed by atoms with van der Waals surface area (Å²) < 4.78 is 6.80. The number of hydrogen-bond acceptors (Lipinski definition) is 6. The fraction of sp³-hybridized carbons (Fsp3) is 0.182. The van der Waals surface area contributed by atoms with Gasteiger partial charge in [-0.15, -0.1) is 10.2 Å². The molecular formula is C22H16BrN3O3S. The van der Waals surface area contributed by atoms with Crippen molar-refractivity contribution < 1.29 is 9.21 Å². The van der Waals surface area contributed by atoms with Crippen LogP contribution in [0.3, 0.4) is 0 Å². The molecule has 150 valence electrons. The van der Waals surface area contributed by atoms with Gasteiger partial charge in [-0.05, 0) is 36.2 Å². The van der Waals surface area contributed by atoms with Crippen molar-refractivity contribution in [3.63, 3.8) is 0 Å². The van der Waals surface area contributed by atoms with Crippen molar-refractivity contribution in [3.8, 4) is 0 Å². The lowest BCUT2D eigenvalue weighted by atomic mass is 9.99. The topological polar surface area (TPSA) is 76.3 Å². The van der Waals surface area contributed by atoms with Gasteiger partial charge in [0, 0.05) is 10.9 Å². The van der Waals surface area contributed by atoms with Gasteiger partial charge in [0.05, 0.1) is 17.0 Å². The molecule has 0 radical (unpaired) electrons. The Morgan fingerprint density at radius 1 is 1.13 bits per heavy atom. The van der Waals surface area contributed by atoms with E-state index in [4.69, 9.17) is 4.42 Å². The molecule has 1 aliphatic rings. The number of amides is 1. The maximum absolute atomic E-state index is 13.4. The molecular weight excluding hydrogens is 466 g/mol. The fourth-order valence-corrected chi connectivity index (χ4v) is 5.15. The second-order valence-electron chi connectivity index (χ2n) is 7.03. The molecule has 4 aromatic rings. The number of hydrogen-bond donors (Lipinski definition) is 0. The lowest BCUT2D eigenvalue weighted by molar-refractivity contribution is 0.0970. The average Bonchev–Trinajstić information content (AvgIpc) is 3.31. The van der Waals surface area contributed by atoms with Crippen molar-refractivity contribution in [1.82, 2.24) is 10.2 Å². The van der Waals surface area contributed by atoms with E-state index in [0.717, 1.165) is 27.9 Å². The molecule has 0 aliphatic carbocycles. The second kappa shape index (κ2) is 7.45. The van der Waals surface area contributed by atoms with Crippen LogP contribution in [0.1, 0.15) is 46.1 Å². The number of para-hydroxylation sites is 1. The van der Waals surface area contributed by atoms with Crippen molar-refractivity contribution >= 4 is 49.3 Å². The molecule has 30 heavy (non-hydrogen) atoms. The molecule has 5 rings (SSSR count). The Kier molecular flexibility index (Phi) is 4.75. The van der Waals surface area contributed by atoms with E-state index in [1.807, 2.05) is 24.3 Å². The summed E-state index contributed by atoms with van der Waals surface area (Å²) in [7, 11) is 0. The number of aryl methyl sites for hydroxylation is 1. The van der Waals surface area contributed by atoms with Crippen LogP contribution in [-0.4, -0.2) is 16.1 Å². The fourth-order valence-electron chi connectivity index (χ4n) is 3.77.